The molecule has 2 aromatic rings. The van der Waals surface area contributed by atoms with E-state index in [2.05, 4.69) is 15.6 Å². The molecule has 1 aromatic heterocycles. The van der Waals surface area contributed by atoms with E-state index in [0.29, 0.717) is 22.1 Å². The van der Waals surface area contributed by atoms with Crippen molar-refractivity contribution >= 4 is 58.6 Å². The predicted molar refractivity (Wildman–Crippen MR) is 139 cm³/mol. The van der Waals surface area contributed by atoms with E-state index in [-0.39, 0.29) is 34.3 Å². The Labute approximate surface area is 223 Å². The molecule has 1 atom stereocenters. The molecule has 2 N–H and O–H groups in total. The fourth-order valence-electron chi connectivity index (χ4n) is 2.99. The number of amides is 2. The number of aromatic nitrogens is 1. The van der Waals surface area contributed by atoms with E-state index >= 15 is 0 Å². The van der Waals surface area contributed by atoms with E-state index in [9.17, 15) is 14.4 Å². The van der Waals surface area contributed by atoms with Crippen LogP contribution in [0.3, 0.4) is 0 Å². The molecule has 0 aliphatic rings. The smallest absolute Gasteiger partial charge is 0.329 e. The number of rotatable bonds is 12. The summed E-state index contributed by atoms with van der Waals surface area (Å²) in [5, 5.41) is 5.64. The van der Waals surface area contributed by atoms with Gasteiger partial charge in [-0.25, -0.2) is 9.78 Å². The van der Waals surface area contributed by atoms with E-state index in [1.54, 1.807) is 6.92 Å². The van der Waals surface area contributed by atoms with Crippen LogP contribution >= 0.6 is 35.0 Å². The lowest BCUT2D eigenvalue weighted by molar-refractivity contribution is -0.149. The van der Waals surface area contributed by atoms with Gasteiger partial charge in [0.1, 0.15) is 6.04 Å². The van der Waals surface area contributed by atoms with Gasteiger partial charge in [0.25, 0.3) is 11.8 Å². The van der Waals surface area contributed by atoms with Crippen molar-refractivity contribution in [3.8, 4) is 17.2 Å². The summed E-state index contributed by atoms with van der Waals surface area (Å²) < 4.78 is 21.0. The van der Waals surface area contributed by atoms with Gasteiger partial charge in [-0.15, -0.1) is 0 Å². The van der Waals surface area contributed by atoms with Crippen molar-refractivity contribution in [1.82, 2.24) is 10.3 Å². The number of pyridine rings is 1. The predicted octanol–water partition coefficient (Wildman–Crippen LogP) is 3.76. The van der Waals surface area contributed by atoms with Crippen LogP contribution in [-0.4, -0.2) is 68.8 Å². The third-order valence-corrected chi connectivity index (χ3v) is 6.42. The maximum atomic E-state index is 12.9. The number of carbonyl (C=O) groups excluding carboxylic acids is 3. The number of hydrogen-bond acceptors (Lipinski definition) is 9. The van der Waals surface area contributed by atoms with E-state index < -0.39 is 30.4 Å². The Morgan fingerprint density at radius 3 is 2.28 bits per heavy atom. The maximum Gasteiger partial charge on any atom is 0.329 e. The molecule has 0 aliphatic carbocycles. The monoisotopic (exact) mass is 559 g/mol. The molecule has 0 radical (unpaired) electrons. The Morgan fingerprint density at radius 2 is 1.72 bits per heavy atom. The molecule has 1 aromatic carbocycles. The molecule has 13 heteroatoms. The molecule has 0 spiro atoms. The van der Waals surface area contributed by atoms with E-state index in [0.717, 1.165) is 0 Å². The van der Waals surface area contributed by atoms with Crippen molar-refractivity contribution in [3.05, 3.63) is 39.5 Å². The van der Waals surface area contributed by atoms with Crippen molar-refractivity contribution < 1.29 is 33.3 Å². The van der Waals surface area contributed by atoms with Crippen LogP contribution in [0.15, 0.2) is 18.3 Å². The molecule has 0 unspecified atom stereocenters. The minimum Gasteiger partial charge on any atom is -0.493 e. The number of methoxy groups -OCH3 is 3. The Kier molecular flexibility index (Phi) is 11.4. The Hall–Kier alpha value is -2.89. The third-order valence-electron chi connectivity index (χ3n) is 4.93. The number of anilines is 1. The Balaban J connectivity index is 2.09. The van der Waals surface area contributed by atoms with Crippen LogP contribution < -0.4 is 24.8 Å². The average Bonchev–Trinajstić information content (AvgIpc) is 2.88. The first-order chi connectivity index (χ1) is 17.2. The fraction of sp³-hybridized carbons (Fsp3) is 0.391. The zero-order chi connectivity index (χ0) is 26.8. The number of halogens is 2. The topological polar surface area (TPSA) is 125 Å². The van der Waals surface area contributed by atoms with Crippen LogP contribution in [0.2, 0.25) is 10.0 Å². The van der Waals surface area contributed by atoms with Gasteiger partial charge in [0.05, 0.1) is 31.4 Å². The first-order valence-corrected chi connectivity index (χ1v) is 12.7. The number of ether oxygens (including phenoxy) is 4. The first kappa shape index (κ1) is 29.3. The average molecular weight is 560 g/mol. The summed E-state index contributed by atoms with van der Waals surface area (Å²) >= 11 is 13.6. The lowest BCUT2D eigenvalue weighted by atomic mass is 10.1. The summed E-state index contributed by atoms with van der Waals surface area (Å²) in [5.74, 6) is -0.441. The van der Waals surface area contributed by atoms with E-state index in [1.807, 2.05) is 6.26 Å². The van der Waals surface area contributed by atoms with Crippen molar-refractivity contribution in [3.63, 3.8) is 0 Å². The Morgan fingerprint density at radius 1 is 1.08 bits per heavy atom. The van der Waals surface area contributed by atoms with E-state index in [4.69, 9.17) is 42.1 Å². The molecule has 0 fully saturated rings. The highest BCUT2D eigenvalue weighted by Gasteiger charge is 2.25. The van der Waals surface area contributed by atoms with Crippen molar-refractivity contribution in [2.45, 2.75) is 19.4 Å². The first-order valence-electron chi connectivity index (χ1n) is 10.5. The largest absolute Gasteiger partial charge is 0.493 e. The zero-order valence-electron chi connectivity index (χ0n) is 20.4. The van der Waals surface area contributed by atoms with Crippen LogP contribution in [0.1, 0.15) is 22.3 Å². The summed E-state index contributed by atoms with van der Waals surface area (Å²) in [5.41, 5.74) is 0.732. The van der Waals surface area contributed by atoms with Crippen LogP contribution in [0.5, 0.6) is 17.2 Å². The Bertz CT molecular complexity index is 1090. The molecule has 0 saturated carbocycles. The van der Waals surface area contributed by atoms with Gasteiger partial charge in [0.15, 0.2) is 23.9 Å². The molecular formula is C23H27Cl2N3O7S. The number of nitrogens with zero attached hydrogens (tertiary/aromatic N) is 1. The second-order valence-corrected chi connectivity index (χ2v) is 9.04. The summed E-state index contributed by atoms with van der Waals surface area (Å²) in [6.45, 7) is 1.07. The van der Waals surface area contributed by atoms with Gasteiger partial charge in [-0.05, 0) is 43.0 Å². The summed E-state index contributed by atoms with van der Waals surface area (Å²) in [6, 6.07) is 1.93. The molecule has 36 heavy (non-hydrogen) atoms. The summed E-state index contributed by atoms with van der Waals surface area (Å²) in [7, 11) is 4.30. The second kappa shape index (κ2) is 14.0. The van der Waals surface area contributed by atoms with E-state index in [1.165, 1.54) is 51.4 Å². The van der Waals surface area contributed by atoms with Crippen molar-refractivity contribution in [2.75, 3.05) is 45.3 Å². The molecule has 1 heterocycles. The number of benzene rings is 1. The molecule has 10 nitrogen and oxygen atoms in total. The van der Waals surface area contributed by atoms with Gasteiger partial charge in [-0.1, -0.05) is 23.2 Å². The third kappa shape index (κ3) is 7.55. The van der Waals surface area contributed by atoms with Gasteiger partial charge in [0, 0.05) is 11.8 Å². The highest BCUT2D eigenvalue weighted by molar-refractivity contribution is 7.98. The number of esters is 1. The van der Waals surface area contributed by atoms with Crippen LogP contribution in [0.25, 0.3) is 0 Å². The van der Waals surface area contributed by atoms with Gasteiger partial charge in [-0.2, -0.15) is 11.8 Å². The molecule has 0 saturated heterocycles. The summed E-state index contributed by atoms with van der Waals surface area (Å²) in [6.07, 6.45) is 3.49. The number of thioether (sulfide) groups is 1. The number of carbonyl (C=O) groups is 3. The van der Waals surface area contributed by atoms with Gasteiger partial charge in [0.2, 0.25) is 5.75 Å². The molecule has 196 valence electrons. The highest BCUT2D eigenvalue weighted by Crippen LogP contribution is 2.38. The lowest BCUT2D eigenvalue weighted by Gasteiger charge is -2.19. The van der Waals surface area contributed by atoms with Crippen molar-refractivity contribution in [1.29, 1.82) is 0 Å². The molecule has 0 aliphatic heterocycles. The molecule has 0 bridgehead atoms. The maximum absolute atomic E-state index is 12.9. The van der Waals surface area contributed by atoms with Gasteiger partial charge in [-0.3, -0.25) is 9.59 Å². The van der Waals surface area contributed by atoms with Crippen molar-refractivity contribution in [2.24, 2.45) is 0 Å². The molecule has 2 rings (SSSR count). The summed E-state index contributed by atoms with van der Waals surface area (Å²) in [4.78, 5) is 41.9. The van der Waals surface area contributed by atoms with Crippen LogP contribution in [0, 0.1) is 6.92 Å². The van der Waals surface area contributed by atoms with Gasteiger partial charge >= 0.3 is 5.97 Å². The highest BCUT2D eigenvalue weighted by atomic mass is 35.5. The van der Waals surface area contributed by atoms with Crippen LogP contribution in [0.4, 0.5) is 5.82 Å². The SMILES string of the molecule is COc1cc(C(=O)N[C@H](CCSC)C(=O)OCC(=O)Nc2ncc(Cl)c(C)c2Cl)cc(OC)c1OC. The van der Waals surface area contributed by atoms with Crippen LogP contribution in [-0.2, 0) is 14.3 Å². The second-order valence-electron chi connectivity index (χ2n) is 7.27. The number of nitrogens with one attached hydrogen (secondary N) is 2. The lowest BCUT2D eigenvalue weighted by Crippen LogP contribution is -2.43. The minimum atomic E-state index is -1.00. The normalized spacial score (nSPS) is 11.3. The fourth-order valence-corrected chi connectivity index (χ4v) is 3.85. The zero-order valence-corrected chi connectivity index (χ0v) is 22.7. The molecular weight excluding hydrogens is 533 g/mol. The number of hydrogen-bond donors (Lipinski definition) is 2. The minimum absolute atomic E-state index is 0.0919. The standard InChI is InChI=1S/C23H27Cl2N3O7S/c1-12-14(24)10-26-21(19(12)25)28-18(29)11-35-23(31)15(6-7-36-5)27-22(30)13-8-16(32-2)20(34-4)17(9-13)33-3/h8-10,15H,6-7,11H2,1-5H3,(H,27,30)(H,26,28,29)/t15-/m1/s1. The van der Waals surface area contributed by atoms with Gasteiger partial charge < -0.3 is 29.6 Å². The quantitative estimate of drug-likeness (QED) is 0.374. The molecule has 2 amide bonds.